The number of nitrogens with one attached hydrogen (secondary N) is 1. The van der Waals surface area contributed by atoms with Crippen LogP contribution in [0.25, 0.3) is 0 Å². The number of carbonyl (C=O) groups excluding carboxylic acids is 1. The Hall–Kier alpha value is -1.40. The van der Waals surface area contributed by atoms with Crippen LogP contribution in [-0.2, 0) is 20.3 Å². The van der Waals surface area contributed by atoms with E-state index in [1.807, 2.05) is 0 Å². The van der Waals surface area contributed by atoms with Crippen molar-refractivity contribution < 1.29 is 13.7 Å². The van der Waals surface area contributed by atoms with Gasteiger partial charge in [0.1, 0.15) is 5.25 Å². The van der Waals surface area contributed by atoms with E-state index in [4.69, 9.17) is 10.5 Å². The lowest BCUT2D eigenvalue weighted by atomic mass is 10.3. The molecule has 0 aliphatic carbocycles. The highest BCUT2D eigenvalue weighted by Gasteiger charge is 2.22. The summed E-state index contributed by atoms with van der Waals surface area (Å²) in [6.07, 6.45) is 0.731. The van der Waals surface area contributed by atoms with Gasteiger partial charge in [-0.1, -0.05) is 12.1 Å². The minimum atomic E-state index is -1.45. The number of methoxy groups -OCH3 is 1. The molecule has 3 N–H and O–H groups in total. The van der Waals surface area contributed by atoms with E-state index in [0.29, 0.717) is 23.7 Å². The van der Waals surface area contributed by atoms with Gasteiger partial charge in [0.2, 0.25) is 5.91 Å². The van der Waals surface area contributed by atoms with Crippen molar-refractivity contribution in [3.05, 3.63) is 24.3 Å². The molecule has 0 aromatic heterocycles. The lowest BCUT2D eigenvalue weighted by Gasteiger charge is -2.13. The van der Waals surface area contributed by atoms with Gasteiger partial charge < -0.3 is 15.8 Å². The van der Waals surface area contributed by atoms with E-state index in [9.17, 15) is 9.00 Å². The molecule has 6 heteroatoms. The number of nitrogens with two attached hydrogens (primary N) is 1. The van der Waals surface area contributed by atoms with E-state index in [0.717, 1.165) is 6.42 Å². The van der Waals surface area contributed by atoms with Crippen LogP contribution in [0.2, 0.25) is 0 Å². The molecule has 0 saturated carbocycles. The number of carbonyl (C=O) groups is 1. The molecule has 0 saturated heterocycles. The van der Waals surface area contributed by atoms with Crippen molar-refractivity contribution in [1.29, 1.82) is 0 Å². The Morgan fingerprint density at radius 1 is 1.47 bits per heavy atom. The Balaban J connectivity index is 2.57. The summed E-state index contributed by atoms with van der Waals surface area (Å²) < 4.78 is 17.1. The number of nitrogen functional groups attached to an aromatic ring is 1. The molecule has 5 nitrogen and oxygen atoms in total. The predicted octanol–water partition coefficient (Wildman–Crippen LogP) is 0.918. The maximum Gasteiger partial charge on any atom is 0.235 e. The number of para-hydroxylation sites is 1. The maximum atomic E-state index is 12.2. The monoisotopic (exact) mass is 284 g/mol. The summed E-state index contributed by atoms with van der Waals surface area (Å²) in [6, 6.07) is 6.88. The number of anilines is 1. The minimum Gasteiger partial charge on any atom is -0.398 e. The summed E-state index contributed by atoms with van der Waals surface area (Å²) in [5.74, 6) is -0.238. The topological polar surface area (TPSA) is 81.4 Å². The average molecular weight is 284 g/mol. The van der Waals surface area contributed by atoms with Crippen molar-refractivity contribution in [1.82, 2.24) is 5.32 Å². The maximum absolute atomic E-state index is 12.2. The highest BCUT2D eigenvalue weighted by Crippen LogP contribution is 2.18. The molecular formula is C13H20N2O3S. The first-order valence-corrected chi connectivity index (χ1v) is 7.31. The van der Waals surface area contributed by atoms with Gasteiger partial charge in [0.05, 0.1) is 15.7 Å². The van der Waals surface area contributed by atoms with Crippen molar-refractivity contribution in [2.45, 2.75) is 23.5 Å². The Morgan fingerprint density at radius 2 is 2.16 bits per heavy atom. The third-order valence-corrected chi connectivity index (χ3v) is 4.31. The summed E-state index contributed by atoms with van der Waals surface area (Å²) in [4.78, 5) is 12.3. The number of benzene rings is 1. The van der Waals surface area contributed by atoms with Gasteiger partial charge in [-0.05, 0) is 25.5 Å². The molecule has 0 radical (unpaired) electrons. The Kier molecular flexibility index (Phi) is 6.52. The quantitative estimate of drug-likeness (QED) is 0.576. The van der Waals surface area contributed by atoms with Crippen LogP contribution in [0.4, 0.5) is 5.69 Å². The van der Waals surface area contributed by atoms with Crippen LogP contribution in [0.5, 0.6) is 0 Å². The zero-order valence-corrected chi connectivity index (χ0v) is 12.0. The Labute approximate surface area is 116 Å². The fraction of sp³-hybridized carbons (Fsp3) is 0.462. The van der Waals surface area contributed by atoms with Gasteiger partial charge in [-0.25, -0.2) is 0 Å². The lowest BCUT2D eigenvalue weighted by Crippen LogP contribution is -2.36. The molecule has 2 atom stereocenters. The predicted molar refractivity (Wildman–Crippen MR) is 76.2 cm³/mol. The first-order valence-electron chi connectivity index (χ1n) is 6.09. The summed E-state index contributed by atoms with van der Waals surface area (Å²) in [5, 5.41) is 2.10. The average Bonchev–Trinajstić information content (AvgIpc) is 2.42. The van der Waals surface area contributed by atoms with Crippen molar-refractivity contribution in [2.24, 2.45) is 0 Å². The molecule has 0 aliphatic heterocycles. The van der Waals surface area contributed by atoms with E-state index < -0.39 is 16.0 Å². The second kappa shape index (κ2) is 7.91. The van der Waals surface area contributed by atoms with Gasteiger partial charge in [-0.3, -0.25) is 9.00 Å². The second-order valence-corrected chi connectivity index (χ2v) is 5.86. The highest BCUT2D eigenvalue weighted by molar-refractivity contribution is 7.86. The van der Waals surface area contributed by atoms with E-state index >= 15 is 0 Å². The number of hydrogen-bond donors (Lipinski definition) is 2. The van der Waals surface area contributed by atoms with Crippen LogP contribution in [0.15, 0.2) is 29.2 Å². The van der Waals surface area contributed by atoms with Crippen molar-refractivity contribution in [2.75, 3.05) is 26.0 Å². The van der Waals surface area contributed by atoms with Crippen molar-refractivity contribution in [3.63, 3.8) is 0 Å². The van der Waals surface area contributed by atoms with Gasteiger partial charge in [0.15, 0.2) is 0 Å². The lowest BCUT2D eigenvalue weighted by molar-refractivity contribution is -0.120. The van der Waals surface area contributed by atoms with Gasteiger partial charge in [0, 0.05) is 25.9 Å². The van der Waals surface area contributed by atoms with Crippen LogP contribution in [0, 0.1) is 0 Å². The fourth-order valence-electron chi connectivity index (χ4n) is 1.52. The third-order valence-electron chi connectivity index (χ3n) is 2.65. The molecule has 106 valence electrons. The SMILES string of the molecule is COCCCNC(=O)C(C)S(=O)c1ccccc1N. The molecule has 0 bridgehead atoms. The van der Waals surface area contributed by atoms with Crippen LogP contribution < -0.4 is 11.1 Å². The molecule has 0 heterocycles. The zero-order valence-electron chi connectivity index (χ0n) is 11.2. The largest absolute Gasteiger partial charge is 0.398 e. The molecule has 1 aromatic carbocycles. The zero-order chi connectivity index (χ0) is 14.3. The van der Waals surface area contributed by atoms with Gasteiger partial charge in [-0.2, -0.15) is 0 Å². The summed E-state index contributed by atoms with van der Waals surface area (Å²) in [5.41, 5.74) is 6.20. The molecular weight excluding hydrogens is 264 g/mol. The number of rotatable bonds is 7. The van der Waals surface area contributed by atoms with E-state index in [2.05, 4.69) is 5.32 Å². The molecule has 1 aromatic rings. The number of hydrogen-bond acceptors (Lipinski definition) is 4. The van der Waals surface area contributed by atoms with E-state index in [-0.39, 0.29) is 5.91 Å². The summed E-state index contributed by atoms with van der Waals surface area (Å²) >= 11 is 0. The summed E-state index contributed by atoms with van der Waals surface area (Å²) in [7, 11) is 0.163. The minimum absolute atomic E-state index is 0.238. The molecule has 0 aliphatic rings. The molecule has 0 spiro atoms. The normalized spacial score (nSPS) is 13.8. The van der Waals surface area contributed by atoms with Gasteiger partial charge in [-0.15, -0.1) is 0 Å². The fourth-order valence-corrected chi connectivity index (χ4v) is 2.69. The molecule has 19 heavy (non-hydrogen) atoms. The van der Waals surface area contributed by atoms with Crippen LogP contribution in [0.3, 0.4) is 0 Å². The number of amides is 1. The Morgan fingerprint density at radius 3 is 2.79 bits per heavy atom. The summed E-state index contributed by atoms with van der Waals surface area (Å²) in [6.45, 7) is 2.73. The molecule has 2 unspecified atom stereocenters. The molecule has 1 amide bonds. The van der Waals surface area contributed by atoms with Crippen molar-refractivity contribution in [3.8, 4) is 0 Å². The highest BCUT2D eigenvalue weighted by atomic mass is 32.2. The van der Waals surface area contributed by atoms with E-state index in [1.54, 1.807) is 38.3 Å². The Bertz CT molecular complexity index is 451. The first-order chi connectivity index (χ1) is 9.07. The number of ether oxygens (including phenoxy) is 1. The van der Waals surface area contributed by atoms with Crippen LogP contribution >= 0.6 is 0 Å². The van der Waals surface area contributed by atoms with Crippen molar-refractivity contribution >= 4 is 22.4 Å². The first kappa shape index (κ1) is 15.7. The van der Waals surface area contributed by atoms with Gasteiger partial charge >= 0.3 is 0 Å². The second-order valence-electron chi connectivity index (χ2n) is 4.11. The smallest absolute Gasteiger partial charge is 0.235 e. The third kappa shape index (κ3) is 4.65. The molecule has 1 rings (SSSR count). The van der Waals surface area contributed by atoms with Crippen LogP contribution in [0.1, 0.15) is 13.3 Å². The van der Waals surface area contributed by atoms with E-state index in [1.165, 1.54) is 0 Å². The van der Waals surface area contributed by atoms with Gasteiger partial charge in [0.25, 0.3) is 0 Å². The van der Waals surface area contributed by atoms with Crippen LogP contribution in [-0.4, -0.2) is 35.6 Å². The molecule has 0 fully saturated rings. The standard InChI is InChI=1S/C13H20N2O3S/c1-10(13(16)15-8-5-9-18-2)19(17)12-7-4-3-6-11(12)14/h3-4,6-7,10H,5,8-9,14H2,1-2H3,(H,15,16).